The highest BCUT2D eigenvalue weighted by Gasteiger charge is 2.22. The predicted octanol–water partition coefficient (Wildman–Crippen LogP) is 5.26. The number of rotatable bonds is 9. The predicted molar refractivity (Wildman–Crippen MR) is 134 cm³/mol. The zero-order chi connectivity index (χ0) is 24.9. The molecule has 0 aliphatic rings. The fourth-order valence-electron chi connectivity index (χ4n) is 3.94. The van der Waals surface area contributed by atoms with E-state index in [1.54, 1.807) is 49.0 Å². The second-order valence-corrected chi connectivity index (χ2v) is 7.53. The van der Waals surface area contributed by atoms with Crippen LogP contribution in [0, 0.1) is 0 Å². The third-order valence-electron chi connectivity index (χ3n) is 5.68. The molecule has 0 fully saturated rings. The Hall–Kier alpha value is -4.33. The third kappa shape index (κ3) is 4.55. The summed E-state index contributed by atoms with van der Waals surface area (Å²) in [6.07, 6.45) is 1.78. The van der Waals surface area contributed by atoms with Crippen LogP contribution in [0.3, 0.4) is 0 Å². The molecular weight excluding hydrogens is 448 g/mol. The molecule has 0 unspecified atom stereocenters. The average molecular weight is 477 g/mol. The first-order chi connectivity index (χ1) is 17.1. The Morgan fingerprint density at radius 2 is 1.14 bits per heavy atom. The minimum Gasteiger partial charge on any atom is -0.497 e. The van der Waals surface area contributed by atoms with Crippen molar-refractivity contribution < 1.29 is 28.4 Å². The van der Waals surface area contributed by atoms with Gasteiger partial charge >= 0.3 is 0 Å². The van der Waals surface area contributed by atoms with Crippen LogP contribution in [-0.4, -0.2) is 52.2 Å². The van der Waals surface area contributed by atoms with Gasteiger partial charge in [-0.15, -0.1) is 0 Å². The van der Waals surface area contributed by atoms with Crippen LogP contribution in [0.15, 0.2) is 60.9 Å². The SMILES string of the molecule is COc1ccc(-n2cnc(-c3cc(OC)cc(OC)c3)c2-c2cc(OC)c(OC)c(OC)c2)cc1. The van der Waals surface area contributed by atoms with Gasteiger partial charge in [-0.2, -0.15) is 0 Å². The third-order valence-corrected chi connectivity index (χ3v) is 5.68. The number of hydrogen-bond donors (Lipinski definition) is 0. The van der Waals surface area contributed by atoms with E-state index in [1.807, 2.05) is 59.2 Å². The highest BCUT2D eigenvalue weighted by Crippen LogP contribution is 2.44. The van der Waals surface area contributed by atoms with Gasteiger partial charge in [0.15, 0.2) is 11.5 Å². The monoisotopic (exact) mass is 476 g/mol. The number of ether oxygens (including phenoxy) is 6. The molecule has 3 aromatic carbocycles. The van der Waals surface area contributed by atoms with Gasteiger partial charge in [-0.05, 0) is 48.5 Å². The van der Waals surface area contributed by atoms with Gasteiger partial charge in [0.1, 0.15) is 23.6 Å². The first-order valence-electron chi connectivity index (χ1n) is 10.8. The molecule has 1 aromatic heterocycles. The van der Waals surface area contributed by atoms with E-state index >= 15 is 0 Å². The molecule has 4 aromatic rings. The van der Waals surface area contributed by atoms with E-state index in [4.69, 9.17) is 33.4 Å². The molecule has 0 spiro atoms. The highest BCUT2D eigenvalue weighted by molar-refractivity contribution is 5.83. The molecule has 0 N–H and O–H groups in total. The van der Waals surface area contributed by atoms with Crippen LogP contribution in [0.5, 0.6) is 34.5 Å². The van der Waals surface area contributed by atoms with E-state index < -0.39 is 0 Å². The van der Waals surface area contributed by atoms with Crippen molar-refractivity contribution in [2.75, 3.05) is 42.7 Å². The van der Waals surface area contributed by atoms with Crippen LogP contribution >= 0.6 is 0 Å². The van der Waals surface area contributed by atoms with E-state index in [0.29, 0.717) is 28.7 Å². The molecule has 0 atom stereocenters. The van der Waals surface area contributed by atoms with Crippen molar-refractivity contribution in [3.8, 4) is 62.7 Å². The van der Waals surface area contributed by atoms with Gasteiger partial charge in [0, 0.05) is 22.9 Å². The molecule has 4 rings (SSSR count). The van der Waals surface area contributed by atoms with Crippen LogP contribution in [0.25, 0.3) is 28.2 Å². The molecule has 0 bridgehead atoms. The first kappa shape index (κ1) is 23.8. The fraction of sp³-hybridized carbons (Fsp3) is 0.222. The summed E-state index contributed by atoms with van der Waals surface area (Å²) in [5.74, 6) is 3.68. The van der Waals surface area contributed by atoms with Crippen molar-refractivity contribution in [3.05, 3.63) is 60.9 Å². The Morgan fingerprint density at radius 1 is 0.571 bits per heavy atom. The van der Waals surface area contributed by atoms with Gasteiger partial charge in [0.05, 0.1) is 54.0 Å². The maximum atomic E-state index is 5.62. The second-order valence-electron chi connectivity index (χ2n) is 7.53. The summed E-state index contributed by atoms with van der Waals surface area (Å²) in [6.45, 7) is 0. The van der Waals surface area contributed by atoms with Crippen LogP contribution in [0.4, 0.5) is 0 Å². The first-order valence-corrected chi connectivity index (χ1v) is 10.8. The number of methoxy groups -OCH3 is 6. The molecule has 8 nitrogen and oxygen atoms in total. The van der Waals surface area contributed by atoms with Crippen LogP contribution in [0.1, 0.15) is 0 Å². The van der Waals surface area contributed by atoms with E-state index in [-0.39, 0.29) is 0 Å². The Morgan fingerprint density at radius 3 is 1.63 bits per heavy atom. The summed E-state index contributed by atoms with van der Waals surface area (Å²) in [5.41, 5.74) is 4.11. The fourth-order valence-corrected chi connectivity index (χ4v) is 3.94. The minimum absolute atomic E-state index is 0.513. The van der Waals surface area contributed by atoms with E-state index in [0.717, 1.165) is 34.0 Å². The summed E-state index contributed by atoms with van der Waals surface area (Å²) in [6, 6.07) is 17.2. The van der Waals surface area contributed by atoms with Crippen molar-refractivity contribution in [2.45, 2.75) is 0 Å². The van der Waals surface area contributed by atoms with E-state index in [2.05, 4.69) is 0 Å². The molecule has 182 valence electrons. The van der Waals surface area contributed by atoms with E-state index in [1.165, 1.54) is 0 Å². The molecule has 0 saturated carbocycles. The molecule has 35 heavy (non-hydrogen) atoms. The number of hydrogen-bond acceptors (Lipinski definition) is 7. The summed E-state index contributed by atoms with van der Waals surface area (Å²) >= 11 is 0. The molecular formula is C27H28N2O6. The zero-order valence-corrected chi connectivity index (χ0v) is 20.6. The molecule has 0 radical (unpaired) electrons. The largest absolute Gasteiger partial charge is 0.497 e. The van der Waals surface area contributed by atoms with Gasteiger partial charge in [-0.3, -0.25) is 4.57 Å². The summed E-state index contributed by atoms with van der Waals surface area (Å²) < 4.78 is 35.1. The minimum atomic E-state index is 0.513. The number of benzene rings is 3. The second kappa shape index (κ2) is 10.3. The molecule has 0 saturated heterocycles. The Balaban J connectivity index is 2.01. The zero-order valence-electron chi connectivity index (χ0n) is 20.6. The van der Waals surface area contributed by atoms with Gasteiger partial charge < -0.3 is 28.4 Å². The van der Waals surface area contributed by atoms with Crippen LogP contribution in [0.2, 0.25) is 0 Å². The van der Waals surface area contributed by atoms with Crippen molar-refractivity contribution >= 4 is 0 Å². The summed E-state index contributed by atoms with van der Waals surface area (Å²) in [4.78, 5) is 4.79. The normalized spacial score (nSPS) is 10.6. The number of aromatic nitrogens is 2. The summed E-state index contributed by atoms with van der Waals surface area (Å²) in [5, 5.41) is 0. The number of imidazole rings is 1. The van der Waals surface area contributed by atoms with Gasteiger partial charge in [0.2, 0.25) is 5.75 Å². The highest BCUT2D eigenvalue weighted by atomic mass is 16.5. The standard InChI is InChI=1S/C27H28N2O6/c1-30-20-9-7-19(8-10-20)29-16-28-25(17-11-21(31-2)15-22(12-17)32-3)26(29)18-13-23(33-4)27(35-6)24(14-18)34-5/h7-16H,1-6H3. The lowest BCUT2D eigenvalue weighted by Gasteiger charge is -2.17. The lowest BCUT2D eigenvalue weighted by molar-refractivity contribution is 0.324. The smallest absolute Gasteiger partial charge is 0.203 e. The Labute approximate surface area is 204 Å². The van der Waals surface area contributed by atoms with E-state index in [9.17, 15) is 0 Å². The van der Waals surface area contributed by atoms with Gasteiger partial charge in [-0.1, -0.05) is 0 Å². The number of nitrogens with zero attached hydrogens (tertiary/aromatic N) is 2. The lowest BCUT2D eigenvalue weighted by atomic mass is 10.0. The van der Waals surface area contributed by atoms with Crippen LogP contribution < -0.4 is 28.4 Å². The average Bonchev–Trinajstić information content (AvgIpc) is 3.37. The maximum Gasteiger partial charge on any atom is 0.203 e. The van der Waals surface area contributed by atoms with Crippen LogP contribution in [-0.2, 0) is 0 Å². The summed E-state index contributed by atoms with van der Waals surface area (Å²) in [7, 11) is 9.64. The molecule has 8 heteroatoms. The van der Waals surface area contributed by atoms with Crippen molar-refractivity contribution in [1.82, 2.24) is 9.55 Å². The van der Waals surface area contributed by atoms with Crippen molar-refractivity contribution in [2.24, 2.45) is 0 Å². The maximum absolute atomic E-state index is 5.62. The Bertz CT molecular complexity index is 1270. The molecule has 0 aliphatic carbocycles. The van der Waals surface area contributed by atoms with Gasteiger partial charge in [-0.25, -0.2) is 4.98 Å². The topological polar surface area (TPSA) is 73.2 Å². The molecule has 1 heterocycles. The molecule has 0 aliphatic heterocycles. The van der Waals surface area contributed by atoms with Crippen molar-refractivity contribution in [3.63, 3.8) is 0 Å². The Kier molecular flexibility index (Phi) is 7.01. The molecule has 0 amide bonds. The lowest BCUT2D eigenvalue weighted by Crippen LogP contribution is -2.00. The van der Waals surface area contributed by atoms with Gasteiger partial charge in [0.25, 0.3) is 0 Å². The van der Waals surface area contributed by atoms with Crippen molar-refractivity contribution in [1.29, 1.82) is 0 Å². The quantitative estimate of drug-likeness (QED) is 0.326.